The van der Waals surface area contributed by atoms with E-state index in [9.17, 15) is 5.11 Å². The predicted molar refractivity (Wildman–Crippen MR) is 158 cm³/mol. The molecule has 0 amide bonds. The maximum absolute atomic E-state index is 10.8. The molecule has 1 aliphatic carbocycles. The van der Waals surface area contributed by atoms with Gasteiger partial charge in [-0.25, -0.2) is 0 Å². The number of hydrogen-bond donors (Lipinski definition) is 1. The average molecular weight is 491 g/mol. The second kappa shape index (κ2) is 16.5. The highest BCUT2D eigenvalue weighted by atomic mass is 16.3. The lowest BCUT2D eigenvalue weighted by molar-refractivity contribution is 0.0715. The second-order valence-corrected chi connectivity index (χ2v) is 13.7. The summed E-state index contributed by atoms with van der Waals surface area (Å²) < 4.78 is 0. The van der Waals surface area contributed by atoms with Crippen LogP contribution in [0.25, 0.3) is 0 Å². The average Bonchev–Trinajstić information content (AvgIpc) is 2.81. The van der Waals surface area contributed by atoms with Crippen LogP contribution in [0.3, 0.4) is 0 Å². The van der Waals surface area contributed by atoms with Gasteiger partial charge in [0, 0.05) is 0 Å². The monoisotopic (exact) mass is 491 g/mol. The molecule has 0 bridgehead atoms. The SMILES string of the molecule is CCC(CC/C(CC(C)C1C[C@@H](C)CCC1C)=C(\CC(C)C)C(C)C)C(CC)CC(O)[C@@H](C)CC. The van der Waals surface area contributed by atoms with Crippen molar-refractivity contribution in [2.45, 2.75) is 153 Å². The fourth-order valence-corrected chi connectivity index (χ4v) is 7.17. The lowest BCUT2D eigenvalue weighted by atomic mass is 9.68. The number of hydrogen-bond acceptors (Lipinski definition) is 1. The summed E-state index contributed by atoms with van der Waals surface area (Å²) in [6, 6.07) is 0. The Morgan fingerprint density at radius 1 is 0.829 bits per heavy atom. The summed E-state index contributed by atoms with van der Waals surface area (Å²) in [5.74, 6) is 6.62. The molecule has 0 aliphatic heterocycles. The molecule has 0 spiro atoms. The van der Waals surface area contributed by atoms with E-state index >= 15 is 0 Å². The molecule has 1 nitrogen and oxygen atoms in total. The minimum Gasteiger partial charge on any atom is -0.393 e. The zero-order chi connectivity index (χ0) is 26.7. The molecule has 8 atom stereocenters. The minimum atomic E-state index is -0.143. The standard InChI is InChI=1S/C34H66O/c1-12-26(9)34(35)22-30(14-3)29(13-2)17-18-31(32(24(6)7)19-23(4)5)21-28(11)33-20-25(8)15-16-27(33)10/h23-30,33-35H,12-22H2,1-11H3/b32-31-/t25-,26-,27?,28?,29?,30?,33?,34?/m0/s1. The summed E-state index contributed by atoms with van der Waals surface area (Å²) in [6.45, 7) is 26.4. The Morgan fingerprint density at radius 2 is 1.46 bits per heavy atom. The van der Waals surface area contributed by atoms with Gasteiger partial charge in [0.1, 0.15) is 0 Å². The Labute approximate surface area is 222 Å². The lowest BCUT2D eigenvalue weighted by Crippen LogP contribution is -2.28. The molecule has 35 heavy (non-hydrogen) atoms. The van der Waals surface area contributed by atoms with Crippen molar-refractivity contribution in [1.82, 2.24) is 0 Å². The molecule has 0 aromatic rings. The molecule has 1 N–H and O–H groups in total. The third kappa shape index (κ3) is 10.9. The summed E-state index contributed by atoms with van der Waals surface area (Å²) in [5, 5.41) is 10.8. The largest absolute Gasteiger partial charge is 0.393 e. The Morgan fingerprint density at radius 3 is 1.97 bits per heavy atom. The number of aliphatic hydroxyl groups excluding tert-OH is 1. The van der Waals surface area contributed by atoms with E-state index in [1.165, 1.54) is 57.8 Å². The van der Waals surface area contributed by atoms with Crippen molar-refractivity contribution in [2.75, 3.05) is 0 Å². The Hall–Kier alpha value is -0.300. The Kier molecular flexibility index (Phi) is 15.5. The van der Waals surface area contributed by atoms with Crippen LogP contribution in [0.4, 0.5) is 0 Å². The van der Waals surface area contributed by atoms with Crippen molar-refractivity contribution in [1.29, 1.82) is 0 Å². The maximum atomic E-state index is 10.8. The van der Waals surface area contributed by atoms with Crippen molar-refractivity contribution in [2.24, 2.45) is 53.3 Å². The first-order chi connectivity index (χ1) is 16.4. The van der Waals surface area contributed by atoms with Gasteiger partial charge in [0.15, 0.2) is 0 Å². The fourth-order valence-electron chi connectivity index (χ4n) is 7.17. The molecule has 1 aliphatic rings. The quantitative estimate of drug-likeness (QED) is 0.213. The van der Waals surface area contributed by atoms with E-state index in [1.807, 2.05) is 5.57 Å². The van der Waals surface area contributed by atoms with Crippen molar-refractivity contribution < 1.29 is 5.11 Å². The maximum Gasteiger partial charge on any atom is 0.0568 e. The molecule has 208 valence electrons. The van der Waals surface area contributed by atoms with Crippen LogP contribution in [-0.4, -0.2) is 11.2 Å². The first-order valence-corrected chi connectivity index (χ1v) is 15.8. The molecule has 1 heteroatoms. The molecule has 1 rings (SSSR count). The van der Waals surface area contributed by atoms with Gasteiger partial charge in [-0.3, -0.25) is 0 Å². The predicted octanol–water partition coefficient (Wildman–Crippen LogP) is 10.7. The normalized spacial score (nSPS) is 26.4. The van der Waals surface area contributed by atoms with E-state index in [4.69, 9.17) is 0 Å². The molecule has 0 radical (unpaired) electrons. The first kappa shape index (κ1) is 32.7. The van der Waals surface area contributed by atoms with E-state index in [0.717, 1.165) is 48.3 Å². The van der Waals surface area contributed by atoms with E-state index in [2.05, 4.69) is 76.2 Å². The zero-order valence-corrected chi connectivity index (χ0v) is 26.0. The van der Waals surface area contributed by atoms with E-state index in [-0.39, 0.29) is 6.10 Å². The zero-order valence-electron chi connectivity index (χ0n) is 26.0. The number of rotatable bonds is 16. The van der Waals surface area contributed by atoms with E-state index in [0.29, 0.717) is 17.8 Å². The van der Waals surface area contributed by atoms with Gasteiger partial charge in [-0.1, -0.05) is 119 Å². The lowest BCUT2D eigenvalue weighted by Gasteiger charge is -2.38. The van der Waals surface area contributed by atoms with Gasteiger partial charge in [-0.15, -0.1) is 0 Å². The van der Waals surface area contributed by atoms with Gasteiger partial charge in [-0.2, -0.15) is 0 Å². The Bertz CT molecular complexity index is 587. The summed E-state index contributed by atoms with van der Waals surface area (Å²) in [7, 11) is 0. The van der Waals surface area contributed by atoms with Gasteiger partial charge in [0.2, 0.25) is 0 Å². The third-order valence-corrected chi connectivity index (χ3v) is 9.98. The molecule has 6 unspecified atom stereocenters. The highest BCUT2D eigenvalue weighted by Crippen LogP contribution is 2.42. The summed E-state index contributed by atoms with van der Waals surface area (Å²) in [5.41, 5.74) is 3.58. The van der Waals surface area contributed by atoms with Crippen molar-refractivity contribution in [3.05, 3.63) is 11.1 Å². The van der Waals surface area contributed by atoms with Crippen LogP contribution < -0.4 is 0 Å². The molecular formula is C34H66O. The fraction of sp³-hybridized carbons (Fsp3) is 0.941. The van der Waals surface area contributed by atoms with Crippen LogP contribution in [0.5, 0.6) is 0 Å². The first-order valence-electron chi connectivity index (χ1n) is 15.8. The van der Waals surface area contributed by atoms with Crippen LogP contribution >= 0.6 is 0 Å². The molecule has 1 fully saturated rings. The summed E-state index contributed by atoms with van der Waals surface area (Å²) in [4.78, 5) is 0. The molecule has 0 aromatic heterocycles. The molecule has 0 heterocycles. The summed E-state index contributed by atoms with van der Waals surface area (Å²) in [6.07, 6.45) is 13.8. The number of allylic oxidation sites excluding steroid dienone is 2. The summed E-state index contributed by atoms with van der Waals surface area (Å²) >= 11 is 0. The van der Waals surface area contributed by atoms with Crippen LogP contribution in [0.2, 0.25) is 0 Å². The Balaban J connectivity index is 3.10. The van der Waals surface area contributed by atoms with Gasteiger partial charge in [-0.05, 0) is 91.8 Å². The third-order valence-electron chi connectivity index (χ3n) is 9.98. The van der Waals surface area contributed by atoms with Crippen molar-refractivity contribution in [3.8, 4) is 0 Å². The molecular weight excluding hydrogens is 424 g/mol. The minimum absolute atomic E-state index is 0.143. The topological polar surface area (TPSA) is 20.2 Å². The van der Waals surface area contributed by atoms with Gasteiger partial charge in [0.05, 0.1) is 6.10 Å². The van der Waals surface area contributed by atoms with Gasteiger partial charge in [0.25, 0.3) is 0 Å². The van der Waals surface area contributed by atoms with Crippen LogP contribution in [-0.2, 0) is 0 Å². The van der Waals surface area contributed by atoms with Crippen molar-refractivity contribution >= 4 is 0 Å². The molecule has 0 saturated heterocycles. The number of aliphatic hydroxyl groups is 1. The highest BCUT2D eigenvalue weighted by Gasteiger charge is 2.31. The van der Waals surface area contributed by atoms with Crippen LogP contribution in [0.1, 0.15) is 147 Å². The smallest absolute Gasteiger partial charge is 0.0568 e. The molecule has 1 saturated carbocycles. The van der Waals surface area contributed by atoms with Gasteiger partial charge < -0.3 is 5.11 Å². The van der Waals surface area contributed by atoms with Gasteiger partial charge >= 0.3 is 0 Å². The van der Waals surface area contributed by atoms with Crippen LogP contribution in [0.15, 0.2) is 11.1 Å². The van der Waals surface area contributed by atoms with E-state index < -0.39 is 0 Å². The van der Waals surface area contributed by atoms with E-state index in [1.54, 1.807) is 5.57 Å². The molecule has 0 aromatic carbocycles. The second-order valence-electron chi connectivity index (χ2n) is 13.7. The van der Waals surface area contributed by atoms with Crippen molar-refractivity contribution in [3.63, 3.8) is 0 Å². The van der Waals surface area contributed by atoms with Crippen LogP contribution in [0, 0.1) is 53.3 Å². The highest BCUT2D eigenvalue weighted by molar-refractivity contribution is 5.18.